The summed E-state index contributed by atoms with van der Waals surface area (Å²) in [4.78, 5) is 0. The van der Waals surface area contributed by atoms with Crippen LogP contribution in [0.25, 0.3) is 0 Å². The maximum absolute atomic E-state index is 5.43. The molecular formula is C20H32Cl2HfSi-2. The second-order valence-corrected chi connectivity index (χ2v) is 15.1. The molecule has 0 spiro atoms. The van der Waals surface area contributed by atoms with Gasteiger partial charge in [0.1, 0.15) is 0 Å². The molecule has 0 fully saturated rings. The van der Waals surface area contributed by atoms with Crippen molar-refractivity contribution in [2.45, 2.75) is 78.3 Å². The van der Waals surface area contributed by atoms with Crippen LogP contribution in [0.2, 0.25) is 13.1 Å². The summed E-state index contributed by atoms with van der Waals surface area (Å²) in [6.45, 7) is 6.49. The van der Waals surface area contributed by atoms with Gasteiger partial charge in [-0.3, -0.25) is 12.2 Å². The summed E-state index contributed by atoms with van der Waals surface area (Å²) in [5.74, 6) is 0. The quantitative estimate of drug-likeness (QED) is 0.179. The number of unbranched alkanes of at least 4 members (excludes halogenated alkanes) is 2. The van der Waals surface area contributed by atoms with Crippen molar-refractivity contribution in [1.29, 1.82) is 0 Å². The molecule has 0 nitrogen and oxygen atoms in total. The smallest absolute Gasteiger partial charge is 0.245 e. The van der Waals surface area contributed by atoms with E-state index in [1.54, 1.807) is 0 Å². The molecule has 2 rings (SSSR count). The average Bonchev–Trinajstić information content (AvgIpc) is 3.15. The Balaban J connectivity index is 0. The van der Waals surface area contributed by atoms with E-state index < -0.39 is 6.69 Å². The SMILES string of the molecule is CCCCC1=[C-]CC=C1.CCCCC1=[C-]CC=C1.C[Si](C)(Cl)Cl.[Hf]. The van der Waals surface area contributed by atoms with Gasteiger partial charge in [0.25, 0.3) is 0 Å². The summed E-state index contributed by atoms with van der Waals surface area (Å²) >= 11 is 10.9. The Labute approximate surface area is 179 Å². The Morgan fingerprint density at radius 3 is 1.42 bits per heavy atom. The molecule has 0 N–H and O–H groups in total. The van der Waals surface area contributed by atoms with Crippen molar-refractivity contribution in [2.75, 3.05) is 0 Å². The van der Waals surface area contributed by atoms with Crippen LogP contribution in [0.4, 0.5) is 0 Å². The number of rotatable bonds is 6. The molecule has 0 aromatic rings. The van der Waals surface area contributed by atoms with Gasteiger partial charge in [0.15, 0.2) is 0 Å². The van der Waals surface area contributed by atoms with Crippen LogP contribution in [-0.2, 0) is 25.8 Å². The summed E-state index contributed by atoms with van der Waals surface area (Å²) < 4.78 is 0. The van der Waals surface area contributed by atoms with E-state index in [1.165, 1.54) is 49.7 Å². The van der Waals surface area contributed by atoms with Gasteiger partial charge in [0.2, 0.25) is 6.69 Å². The van der Waals surface area contributed by atoms with E-state index in [2.05, 4.69) is 50.3 Å². The molecule has 0 heterocycles. The van der Waals surface area contributed by atoms with Gasteiger partial charge in [0, 0.05) is 25.8 Å². The molecule has 0 aliphatic heterocycles. The van der Waals surface area contributed by atoms with E-state index in [0.717, 1.165) is 12.8 Å². The Morgan fingerprint density at radius 1 is 0.875 bits per heavy atom. The van der Waals surface area contributed by atoms with Gasteiger partial charge in [-0.05, 0) is 13.1 Å². The normalized spacial score (nSPS) is 14.8. The van der Waals surface area contributed by atoms with Crippen LogP contribution in [0.5, 0.6) is 0 Å². The zero-order valence-corrected chi connectivity index (χ0v) is 21.8. The summed E-state index contributed by atoms with van der Waals surface area (Å²) in [6, 6.07) is 0. The minimum Gasteiger partial charge on any atom is -0.269 e. The number of hydrogen-bond acceptors (Lipinski definition) is 0. The van der Waals surface area contributed by atoms with E-state index in [0.29, 0.717) is 0 Å². The van der Waals surface area contributed by atoms with Crippen LogP contribution in [-0.4, -0.2) is 6.69 Å². The molecule has 0 saturated heterocycles. The van der Waals surface area contributed by atoms with Crippen LogP contribution in [0.3, 0.4) is 0 Å². The molecule has 24 heavy (non-hydrogen) atoms. The summed E-state index contributed by atoms with van der Waals surface area (Å²) in [6.07, 6.45) is 25.1. The number of allylic oxidation sites excluding steroid dienone is 8. The van der Waals surface area contributed by atoms with Gasteiger partial charge >= 0.3 is 0 Å². The molecule has 0 aromatic heterocycles. The van der Waals surface area contributed by atoms with Crippen molar-refractivity contribution in [3.8, 4) is 0 Å². The van der Waals surface area contributed by atoms with Crippen molar-refractivity contribution < 1.29 is 25.8 Å². The van der Waals surface area contributed by atoms with Gasteiger partial charge in [-0.2, -0.15) is 12.2 Å². The fourth-order valence-electron chi connectivity index (χ4n) is 1.98. The first-order chi connectivity index (χ1) is 10.9. The van der Waals surface area contributed by atoms with Crippen molar-refractivity contribution in [3.05, 3.63) is 47.6 Å². The molecule has 0 atom stereocenters. The minimum atomic E-state index is -1.67. The number of hydrogen-bond donors (Lipinski definition) is 0. The Hall–Kier alpha value is 0.627. The molecule has 4 heteroatoms. The van der Waals surface area contributed by atoms with E-state index in [-0.39, 0.29) is 25.8 Å². The molecule has 2 aliphatic carbocycles. The summed E-state index contributed by atoms with van der Waals surface area (Å²) in [7, 11) is 0. The Kier molecular flexibility index (Phi) is 19.1. The second-order valence-electron chi connectivity index (χ2n) is 6.15. The predicted octanol–water partition coefficient (Wildman–Crippen LogP) is 7.90. The fraction of sp³-hybridized carbons (Fsp3) is 0.600. The molecule has 0 bridgehead atoms. The average molecular weight is 550 g/mol. The third-order valence-electron chi connectivity index (χ3n) is 3.13. The van der Waals surface area contributed by atoms with Gasteiger partial charge < -0.3 is 0 Å². The molecule has 0 aromatic carbocycles. The summed E-state index contributed by atoms with van der Waals surface area (Å²) in [5.41, 5.74) is 2.83. The number of halogens is 2. The Bertz CT molecular complexity index is 378. The van der Waals surface area contributed by atoms with Crippen molar-refractivity contribution in [2.24, 2.45) is 0 Å². The molecule has 0 radical (unpaired) electrons. The van der Waals surface area contributed by atoms with E-state index >= 15 is 0 Å². The van der Waals surface area contributed by atoms with Crippen molar-refractivity contribution >= 4 is 28.9 Å². The monoisotopic (exact) mass is 550 g/mol. The molecule has 0 saturated carbocycles. The zero-order chi connectivity index (χ0) is 17.6. The molecular weight excluding hydrogens is 518 g/mol. The largest absolute Gasteiger partial charge is 0.269 e. The third kappa shape index (κ3) is 20.7. The summed E-state index contributed by atoms with van der Waals surface area (Å²) in [5, 5.41) is 0. The van der Waals surface area contributed by atoms with Crippen LogP contribution >= 0.6 is 22.2 Å². The predicted molar refractivity (Wildman–Crippen MR) is 109 cm³/mol. The second kappa shape index (κ2) is 17.1. The van der Waals surface area contributed by atoms with E-state index in [1.807, 2.05) is 13.1 Å². The minimum absolute atomic E-state index is 0. The zero-order valence-electron chi connectivity index (χ0n) is 15.7. The van der Waals surface area contributed by atoms with Gasteiger partial charge in [-0.15, -0.1) is 35.0 Å². The first kappa shape index (κ1) is 26.9. The molecule has 136 valence electrons. The van der Waals surface area contributed by atoms with Crippen molar-refractivity contribution in [1.82, 2.24) is 0 Å². The van der Waals surface area contributed by atoms with E-state index in [9.17, 15) is 0 Å². The maximum atomic E-state index is 5.43. The van der Waals surface area contributed by atoms with Crippen LogP contribution in [0.1, 0.15) is 65.2 Å². The topological polar surface area (TPSA) is 0 Å². The standard InChI is InChI=1S/2C9H13.C2H6Cl2Si.Hf/c2*1-2-3-6-9-7-4-5-8-9;1-5(2,3)4;/h2*4,7H,2-3,5-6H2,1H3;1-2H3;/q2*-1;;. The van der Waals surface area contributed by atoms with Crippen LogP contribution in [0.15, 0.2) is 35.5 Å². The van der Waals surface area contributed by atoms with Crippen LogP contribution < -0.4 is 0 Å². The molecule has 0 unspecified atom stereocenters. The van der Waals surface area contributed by atoms with Gasteiger partial charge in [0.05, 0.1) is 0 Å². The van der Waals surface area contributed by atoms with Crippen molar-refractivity contribution in [3.63, 3.8) is 0 Å². The third-order valence-corrected chi connectivity index (χ3v) is 3.13. The van der Waals surface area contributed by atoms with Crippen LogP contribution in [0, 0.1) is 12.2 Å². The Morgan fingerprint density at radius 2 is 1.21 bits per heavy atom. The first-order valence-electron chi connectivity index (χ1n) is 8.77. The first-order valence-corrected chi connectivity index (χ1v) is 13.8. The van der Waals surface area contributed by atoms with Gasteiger partial charge in [-0.25, -0.2) is 23.3 Å². The fourth-order valence-corrected chi connectivity index (χ4v) is 1.98. The molecule has 2 aliphatic rings. The van der Waals surface area contributed by atoms with E-state index in [4.69, 9.17) is 22.2 Å². The molecule has 0 amide bonds. The maximum Gasteiger partial charge on any atom is 0.245 e. The van der Waals surface area contributed by atoms with Gasteiger partial charge in [-0.1, -0.05) is 52.4 Å².